The van der Waals surface area contributed by atoms with Crippen LogP contribution in [0.15, 0.2) is 6.33 Å². The zero-order valence-electron chi connectivity index (χ0n) is 8.92. The molecule has 14 heavy (non-hydrogen) atoms. The standard InChI is InChI=1S/C9H17ClN4/c1-4-14-8(11-7-13-14)5-12-9(2,3)6-10/h7,12H,4-6H2,1-3H3. The summed E-state index contributed by atoms with van der Waals surface area (Å²) in [5, 5.41) is 7.42. The maximum Gasteiger partial charge on any atom is 0.140 e. The van der Waals surface area contributed by atoms with Gasteiger partial charge in [0.05, 0.1) is 6.54 Å². The van der Waals surface area contributed by atoms with E-state index in [4.69, 9.17) is 11.6 Å². The topological polar surface area (TPSA) is 42.7 Å². The number of alkyl halides is 1. The van der Waals surface area contributed by atoms with Crippen molar-refractivity contribution in [1.82, 2.24) is 20.1 Å². The molecule has 1 aromatic heterocycles. The van der Waals surface area contributed by atoms with E-state index in [-0.39, 0.29) is 5.54 Å². The summed E-state index contributed by atoms with van der Waals surface area (Å²) in [6.07, 6.45) is 1.58. The Morgan fingerprint density at radius 2 is 2.29 bits per heavy atom. The first-order valence-electron chi connectivity index (χ1n) is 4.76. The van der Waals surface area contributed by atoms with Crippen molar-refractivity contribution in [3.63, 3.8) is 0 Å². The molecule has 1 N–H and O–H groups in total. The van der Waals surface area contributed by atoms with E-state index in [9.17, 15) is 0 Å². The van der Waals surface area contributed by atoms with Gasteiger partial charge in [0.1, 0.15) is 12.2 Å². The van der Waals surface area contributed by atoms with E-state index in [2.05, 4.69) is 29.2 Å². The van der Waals surface area contributed by atoms with Crippen LogP contribution < -0.4 is 5.32 Å². The molecule has 0 spiro atoms. The van der Waals surface area contributed by atoms with Crippen LogP contribution in [0.5, 0.6) is 0 Å². The fourth-order valence-corrected chi connectivity index (χ4v) is 1.15. The summed E-state index contributed by atoms with van der Waals surface area (Å²) in [6.45, 7) is 7.72. The van der Waals surface area contributed by atoms with Gasteiger partial charge in [-0.25, -0.2) is 9.67 Å². The van der Waals surface area contributed by atoms with Crippen molar-refractivity contribution in [2.24, 2.45) is 0 Å². The monoisotopic (exact) mass is 216 g/mol. The number of aromatic nitrogens is 3. The van der Waals surface area contributed by atoms with E-state index in [1.54, 1.807) is 6.33 Å². The molecule has 0 aliphatic heterocycles. The molecule has 1 heterocycles. The Labute approximate surface area is 89.7 Å². The van der Waals surface area contributed by atoms with E-state index in [0.29, 0.717) is 12.4 Å². The molecule has 0 radical (unpaired) electrons. The fraction of sp³-hybridized carbons (Fsp3) is 0.778. The molecule has 0 saturated carbocycles. The molecule has 0 fully saturated rings. The summed E-state index contributed by atoms with van der Waals surface area (Å²) < 4.78 is 1.87. The van der Waals surface area contributed by atoms with Gasteiger partial charge in [-0.3, -0.25) is 0 Å². The van der Waals surface area contributed by atoms with Crippen LogP contribution in [0.2, 0.25) is 0 Å². The molecule has 5 heteroatoms. The highest BCUT2D eigenvalue weighted by atomic mass is 35.5. The SMILES string of the molecule is CCn1ncnc1CNC(C)(C)CCl. The van der Waals surface area contributed by atoms with Crippen LogP contribution in [0, 0.1) is 0 Å². The summed E-state index contributed by atoms with van der Waals surface area (Å²) in [4.78, 5) is 4.17. The normalized spacial score (nSPS) is 12.0. The van der Waals surface area contributed by atoms with Gasteiger partial charge in [-0.2, -0.15) is 5.10 Å². The molecule has 80 valence electrons. The summed E-state index contributed by atoms with van der Waals surface area (Å²) >= 11 is 5.80. The van der Waals surface area contributed by atoms with Crippen molar-refractivity contribution in [3.8, 4) is 0 Å². The third-order valence-corrected chi connectivity index (χ3v) is 2.72. The van der Waals surface area contributed by atoms with Crippen molar-refractivity contribution >= 4 is 11.6 Å². The van der Waals surface area contributed by atoms with Crippen molar-refractivity contribution in [1.29, 1.82) is 0 Å². The van der Waals surface area contributed by atoms with Crippen LogP contribution in [0.25, 0.3) is 0 Å². The fourth-order valence-electron chi connectivity index (χ4n) is 1.05. The minimum absolute atomic E-state index is 0.0634. The Morgan fingerprint density at radius 1 is 1.57 bits per heavy atom. The first-order chi connectivity index (χ1) is 6.59. The number of nitrogens with zero attached hydrogens (tertiary/aromatic N) is 3. The van der Waals surface area contributed by atoms with Crippen LogP contribution in [0.1, 0.15) is 26.6 Å². The lowest BCUT2D eigenvalue weighted by Gasteiger charge is -2.22. The van der Waals surface area contributed by atoms with E-state index in [0.717, 1.165) is 12.4 Å². The lowest BCUT2D eigenvalue weighted by molar-refractivity contribution is 0.414. The van der Waals surface area contributed by atoms with Crippen molar-refractivity contribution in [2.75, 3.05) is 5.88 Å². The van der Waals surface area contributed by atoms with Crippen LogP contribution in [-0.2, 0) is 13.1 Å². The van der Waals surface area contributed by atoms with Gasteiger partial charge in [0, 0.05) is 18.0 Å². The van der Waals surface area contributed by atoms with Gasteiger partial charge in [0.15, 0.2) is 0 Å². The van der Waals surface area contributed by atoms with Gasteiger partial charge >= 0.3 is 0 Å². The second-order valence-corrected chi connectivity index (χ2v) is 4.13. The third kappa shape index (κ3) is 2.96. The molecule has 0 unspecified atom stereocenters. The average Bonchev–Trinajstić information content (AvgIpc) is 2.62. The molecule has 0 saturated heterocycles. The molecule has 1 aromatic rings. The van der Waals surface area contributed by atoms with Gasteiger partial charge < -0.3 is 5.32 Å². The van der Waals surface area contributed by atoms with Crippen molar-refractivity contribution in [3.05, 3.63) is 12.2 Å². The molecule has 4 nitrogen and oxygen atoms in total. The Balaban J connectivity index is 2.53. The maximum absolute atomic E-state index is 5.80. The quantitative estimate of drug-likeness (QED) is 0.757. The first kappa shape index (κ1) is 11.5. The molecular weight excluding hydrogens is 200 g/mol. The van der Waals surface area contributed by atoms with Gasteiger partial charge in [-0.1, -0.05) is 0 Å². The molecule has 0 bridgehead atoms. The Hall–Kier alpha value is -0.610. The van der Waals surface area contributed by atoms with E-state index in [1.807, 2.05) is 11.6 Å². The first-order valence-corrected chi connectivity index (χ1v) is 5.30. The van der Waals surface area contributed by atoms with Crippen LogP contribution >= 0.6 is 11.6 Å². The number of hydrogen-bond acceptors (Lipinski definition) is 3. The predicted molar refractivity (Wildman–Crippen MR) is 57.3 cm³/mol. The largest absolute Gasteiger partial charge is 0.304 e. The van der Waals surface area contributed by atoms with E-state index >= 15 is 0 Å². The average molecular weight is 217 g/mol. The molecule has 1 rings (SSSR count). The number of nitrogens with one attached hydrogen (secondary N) is 1. The van der Waals surface area contributed by atoms with Gasteiger partial charge in [0.25, 0.3) is 0 Å². The van der Waals surface area contributed by atoms with Gasteiger partial charge in [-0.15, -0.1) is 11.6 Å². The van der Waals surface area contributed by atoms with Crippen LogP contribution in [0.3, 0.4) is 0 Å². The highest BCUT2D eigenvalue weighted by Gasteiger charge is 2.16. The smallest absolute Gasteiger partial charge is 0.140 e. The zero-order chi connectivity index (χ0) is 10.6. The van der Waals surface area contributed by atoms with Gasteiger partial charge in [-0.05, 0) is 20.8 Å². The zero-order valence-corrected chi connectivity index (χ0v) is 9.67. The van der Waals surface area contributed by atoms with E-state index < -0.39 is 0 Å². The molecule has 0 atom stereocenters. The molecule has 0 aliphatic rings. The molecule has 0 amide bonds. The maximum atomic E-state index is 5.80. The Bertz CT molecular complexity index is 282. The second kappa shape index (κ2) is 4.75. The Kier molecular flexibility index (Phi) is 3.89. The third-order valence-electron chi connectivity index (χ3n) is 2.05. The molecule has 0 aromatic carbocycles. The number of rotatable bonds is 5. The number of aryl methyl sites for hydroxylation is 1. The highest BCUT2D eigenvalue weighted by molar-refractivity contribution is 6.18. The lowest BCUT2D eigenvalue weighted by atomic mass is 10.1. The summed E-state index contributed by atoms with van der Waals surface area (Å²) in [5.74, 6) is 1.53. The number of halogens is 1. The van der Waals surface area contributed by atoms with Crippen LogP contribution in [0.4, 0.5) is 0 Å². The van der Waals surface area contributed by atoms with E-state index in [1.165, 1.54) is 0 Å². The second-order valence-electron chi connectivity index (χ2n) is 3.86. The van der Waals surface area contributed by atoms with Crippen molar-refractivity contribution < 1.29 is 0 Å². The minimum Gasteiger partial charge on any atom is -0.304 e. The number of hydrogen-bond donors (Lipinski definition) is 1. The minimum atomic E-state index is -0.0634. The van der Waals surface area contributed by atoms with Crippen LogP contribution in [-0.4, -0.2) is 26.2 Å². The Morgan fingerprint density at radius 3 is 2.86 bits per heavy atom. The summed E-state index contributed by atoms with van der Waals surface area (Å²) in [6, 6.07) is 0. The lowest BCUT2D eigenvalue weighted by Crippen LogP contribution is -2.41. The van der Waals surface area contributed by atoms with Gasteiger partial charge in [0.2, 0.25) is 0 Å². The highest BCUT2D eigenvalue weighted by Crippen LogP contribution is 2.05. The summed E-state index contributed by atoms with van der Waals surface area (Å²) in [5.41, 5.74) is -0.0634. The van der Waals surface area contributed by atoms with Crippen molar-refractivity contribution in [2.45, 2.75) is 39.4 Å². The molecular formula is C9H17ClN4. The summed E-state index contributed by atoms with van der Waals surface area (Å²) in [7, 11) is 0. The predicted octanol–water partition coefficient (Wildman–Crippen LogP) is 1.40. The molecule has 0 aliphatic carbocycles.